The second-order valence-corrected chi connectivity index (χ2v) is 5.11. The van der Waals surface area contributed by atoms with Gasteiger partial charge in [0.2, 0.25) is 0 Å². The van der Waals surface area contributed by atoms with Gasteiger partial charge < -0.3 is 10.1 Å². The van der Waals surface area contributed by atoms with Crippen molar-refractivity contribution in [1.82, 2.24) is 10.2 Å². The van der Waals surface area contributed by atoms with E-state index in [0.717, 1.165) is 44.8 Å². The minimum Gasteiger partial charge on any atom is -0.379 e. The molecule has 0 aromatic heterocycles. The maximum atomic E-state index is 5.35. The average Bonchev–Trinajstić information content (AvgIpc) is 2.78. The maximum absolute atomic E-state index is 5.35. The zero-order chi connectivity index (χ0) is 11.2. The first-order chi connectivity index (χ1) is 7.90. The summed E-state index contributed by atoms with van der Waals surface area (Å²) in [4.78, 5) is 2.51. The van der Waals surface area contributed by atoms with E-state index in [1.165, 1.54) is 32.2 Å². The van der Waals surface area contributed by atoms with Gasteiger partial charge >= 0.3 is 0 Å². The van der Waals surface area contributed by atoms with Crippen molar-refractivity contribution >= 4 is 0 Å². The molecular weight excluding hydrogens is 200 g/mol. The predicted octanol–water partition coefficient (Wildman–Crippen LogP) is 1.49. The molecule has 3 nitrogen and oxygen atoms in total. The van der Waals surface area contributed by atoms with Crippen molar-refractivity contribution in [2.45, 2.75) is 38.6 Å². The van der Waals surface area contributed by atoms with Crippen LogP contribution in [-0.2, 0) is 4.74 Å². The number of nitrogens with zero attached hydrogens (tertiary/aromatic N) is 1. The Kier molecular flexibility index (Phi) is 5.07. The summed E-state index contributed by atoms with van der Waals surface area (Å²) in [5.74, 6) is 0.935. The lowest BCUT2D eigenvalue weighted by Crippen LogP contribution is -2.43. The number of rotatable bonds is 5. The number of nitrogens with one attached hydrogen (secondary N) is 1. The van der Waals surface area contributed by atoms with Crippen molar-refractivity contribution in [2.75, 3.05) is 39.4 Å². The lowest BCUT2D eigenvalue weighted by atomic mass is 10.0. The Morgan fingerprint density at radius 3 is 2.81 bits per heavy atom. The van der Waals surface area contributed by atoms with E-state index in [9.17, 15) is 0 Å². The lowest BCUT2D eigenvalue weighted by Gasteiger charge is -2.28. The van der Waals surface area contributed by atoms with Gasteiger partial charge in [0.15, 0.2) is 0 Å². The highest BCUT2D eigenvalue weighted by molar-refractivity contribution is 4.82. The van der Waals surface area contributed by atoms with Crippen molar-refractivity contribution in [2.24, 2.45) is 5.92 Å². The molecule has 0 amide bonds. The largest absolute Gasteiger partial charge is 0.379 e. The van der Waals surface area contributed by atoms with Gasteiger partial charge in [0.05, 0.1) is 13.2 Å². The van der Waals surface area contributed by atoms with Gasteiger partial charge in [-0.3, -0.25) is 4.90 Å². The van der Waals surface area contributed by atoms with Crippen LogP contribution in [0, 0.1) is 5.92 Å². The van der Waals surface area contributed by atoms with Crippen LogP contribution in [-0.4, -0.2) is 50.3 Å². The number of morpholine rings is 1. The Balaban J connectivity index is 1.59. The Bertz CT molecular complexity index is 192. The topological polar surface area (TPSA) is 24.5 Å². The minimum atomic E-state index is 0.797. The van der Waals surface area contributed by atoms with Crippen LogP contribution in [0.25, 0.3) is 0 Å². The molecular formula is C13H26N2O. The summed E-state index contributed by atoms with van der Waals surface area (Å²) in [5, 5.41) is 3.75. The van der Waals surface area contributed by atoms with E-state index in [4.69, 9.17) is 4.74 Å². The monoisotopic (exact) mass is 226 g/mol. The molecule has 3 heteroatoms. The van der Waals surface area contributed by atoms with Crippen LogP contribution < -0.4 is 5.32 Å². The quantitative estimate of drug-likeness (QED) is 0.768. The van der Waals surface area contributed by atoms with Gasteiger partial charge in [-0.15, -0.1) is 0 Å². The minimum absolute atomic E-state index is 0.797. The van der Waals surface area contributed by atoms with Gasteiger partial charge in [-0.2, -0.15) is 0 Å². The van der Waals surface area contributed by atoms with Crippen LogP contribution in [0.4, 0.5) is 0 Å². The normalized spacial score (nSPS) is 32.1. The van der Waals surface area contributed by atoms with Gasteiger partial charge in [-0.1, -0.05) is 19.8 Å². The van der Waals surface area contributed by atoms with Crippen LogP contribution in [0.1, 0.15) is 32.6 Å². The van der Waals surface area contributed by atoms with E-state index in [2.05, 4.69) is 17.1 Å². The molecule has 1 heterocycles. The molecule has 2 unspecified atom stereocenters. The summed E-state index contributed by atoms with van der Waals surface area (Å²) in [7, 11) is 0. The van der Waals surface area contributed by atoms with E-state index in [-0.39, 0.29) is 0 Å². The molecule has 0 bridgehead atoms. The van der Waals surface area contributed by atoms with Crippen LogP contribution in [0.3, 0.4) is 0 Å². The number of ether oxygens (including phenoxy) is 1. The molecule has 16 heavy (non-hydrogen) atoms. The summed E-state index contributed by atoms with van der Waals surface area (Å²) in [6.07, 6.45) is 5.59. The van der Waals surface area contributed by atoms with Crippen molar-refractivity contribution in [3.05, 3.63) is 0 Å². The van der Waals surface area contributed by atoms with Crippen LogP contribution in [0.15, 0.2) is 0 Å². The molecule has 94 valence electrons. The third-order valence-electron chi connectivity index (χ3n) is 4.12. The molecule has 0 spiro atoms. The number of hydrogen-bond donors (Lipinski definition) is 1. The highest BCUT2D eigenvalue weighted by Gasteiger charge is 2.24. The molecule has 0 radical (unpaired) electrons. The third kappa shape index (κ3) is 3.44. The van der Waals surface area contributed by atoms with Crippen LogP contribution >= 0.6 is 0 Å². The fraction of sp³-hybridized carbons (Fsp3) is 1.00. The highest BCUT2D eigenvalue weighted by Crippen LogP contribution is 2.27. The van der Waals surface area contributed by atoms with Gasteiger partial charge in [0.25, 0.3) is 0 Å². The van der Waals surface area contributed by atoms with Crippen molar-refractivity contribution in [3.8, 4) is 0 Å². The molecule has 0 aromatic carbocycles. The zero-order valence-corrected chi connectivity index (χ0v) is 10.6. The summed E-state index contributed by atoms with van der Waals surface area (Å²) >= 11 is 0. The SMILES string of the molecule is CCC1CCCC1NCCN1CCOCC1. The van der Waals surface area contributed by atoms with Gasteiger partial charge in [-0.25, -0.2) is 0 Å². The molecule has 1 aliphatic heterocycles. The van der Waals surface area contributed by atoms with E-state index < -0.39 is 0 Å². The standard InChI is InChI=1S/C13H26N2O/c1-2-12-4-3-5-13(12)14-6-7-15-8-10-16-11-9-15/h12-14H,2-11H2,1H3. The van der Waals surface area contributed by atoms with Crippen LogP contribution in [0.2, 0.25) is 0 Å². The second-order valence-electron chi connectivity index (χ2n) is 5.11. The molecule has 2 aliphatic rings. The van der Waals surface area contributed by atoms with E-state index >= 15 is 0 Å². The summed E-state index contributed by atoms with van der Waals surface area (Å²) in [6, 6.07) is 0.797. The second kappa shape index (κ2) is 6.58. The zero-order valence-electron chi connectivity index (χ0n) is 10.6. The van der Waals surface area contributed by atoms with Crippen LogP contribution in [0.5, 0.6) is 0 Å². The summed E-state index contributed by atoms with van der Waals surface area (Å²) in [5.41, 5.74) is 0. The molecule has 1 aliphatic carbocycles. The lowest BCUT2D eigenvalue weighted by molar-refractivity contribution is 0.0380. The maximum Gasteiger partial charge on any atom is 0.0594 e. The molecule has 2 rings (SSSR count). The Labute approximate surface area is 99.5 Å². The van der Waals surface area contributed by atoms with Crippen molar-refractivity contribution in [1.29, 1.82) is 0 Å². The highest BCUT2D eigenvalue weighted by atomic mass is 16.5. The molecule has 1 N–H and O–H groups in total. The molecule has 2 fully saturated rings. The molecule has 1 saturated carbocycles. The van der Waals surface area contributed by atoms with E-state index in [0.29, 0.717) is 0 Å². The summed E-state index contributed by atoms with van der Waals surface area (Å²) < 4.78 is 5.35. The number of hydrogen-bond acceptors (Lipinski definition) is 3. The molecule has 2 atom stereocenters. The van der Waals surface area contributed by atoms with E-state index in [1.807, 2.05) is 0 Å². The van der Waals surface area contributed by atoms with Crippen molar-refractivity contribution < 1.29 is 4.74 Å². The Hall–Kier alpha value is -0.120. The van der Waals surface area contributed by atoms with Gasteiger partial charge in [0.1, 0.15) is 0 Å². The Morgan fingerprint density at radius 2 is 2.06 bits per heavy atom. The van der Waals surface area contributed by atoms with E-state index in [1.54, 1.807) is 0 Å². The van der Waals surface area contributed by atoms with Gasteiger partial charge in [0, 0.05) is 32.2 Å². The average molecular weight is 226 g/mol. The van der Waals surface area contributed by atoms with Gasteiger partial charge in [-0.05, 0) is 18.8 Å². The smallest absolute Gasteiger partial charge is 0.0594 e. The fourth-order valence-corrected chi connectivity index (χ4v) is 3.03. The predicted molar refractivity (Wildman–Crippen MR) is 66.7 cm³/mol. The first-order valence-electron chi connectivity index (χ1n) is 6.93. The Morgan fingerprint density at radius 1 is 1.25 bits per heavy atom. The first-order valence-corrected chi connectivity index (χ1v) is 6.93. The fourth-order valence-electron chi connectivity index (χ4n) is 3.03. The third-order valence-corrected chi connectivity index (χ3v) is 4.12. The van der Waals surface area contributed by atoms with Crippen molar-refractivity contribution in [3.63, 3.8) is 0 Å². The molecule has 1 saturated heterocycles. The molecule has 0 aromatic rings. The summed E-state index contributed by atoms with van der Waals surface area (Å²) in [6.45, 7) is 8.74. The first kappa shape index (κ1) is 12.3.